The Labute approximate surface area is 230 Å². The minimum absolute atomic E-state index is 0.0214. The number of carboxylic acids is 1. The van der Waals surface area contributed by atoms with Crippen molar-refractivity contribution in [2.45, 2.75) is 29.7 Å². The van der Waals surface area contributed by atoms with Gasteiger partial charge in [0, 0.05) is 11.1 Å². The third-order valence-corrected chi connectivity index (χ3v) is 8.80. The zero-order chi connectivity index (χ0) is 28.0. The highest BCUT2D eigenvalue weighted by molar-refractivity contribution is 8.00. The second kappa shape index (κ2) is 13.0. The average Bonchev–Trinajstić information content (AvgIpc) is 3.33. The third-order valence-electron chi connectivity index (χ3n) is 5.47. The molecule has 1 aromatic heterocycles. The normalized spacial score (nSPS) is 19.7. The van der Waals surface area contributed by atoms with Crippen LogP contribution in [0, 0.1) is 0 Å². The molecule has 4 rings (SSSR count). The number of thioether (sulfide) groups is 1. The predicted octanol–water partition coefficient (Wildman–Crippen LogP) is 1.28. The van der Waals surface area contributed by atoms with E-state index in [0.29, 0.717) is 34.2 Å². The number of thiazole rings is 1. The minimum Gasteiger partial charge on any atom is -0.477 e. The van der Waals surface area contributed by atoms with Crippen molar-refractivity contribution in [2.24, 2.45) is 5.16 Å². The second-order valence-electron chi connectivity index (χ2n) is 8.25. The first-order valence-electron chi connectivity index (χ1n) is 11.2. The van der Waals surface area contributed by atoms with Crippen molar-refractivity contribution in [1.29, 1.82) is 0 Å². The summed E-state index contributed by atoms with van der Waals surface area (Å²) in [6, 6.07) is 6.48. The highest BCUT2D eigenvalue weighted by atomic mass is 32.2. The number of amides is 2. The number of rotatable bonds is 9. The molecule has 2 aliphatic heterocycles. The SMILES string of the molecule is CN(C)S(=O)c1cccc(CC2=C(C(=O)O)N3C(=O)C(NC=O)C3SC2)c1.CO/N=C(\C)c1csc(N)n1. The van der Waals surface area contributed by atoms with Gasteiger partial charge < -0.3 is 21.0 Å². The van der Waals surface area contributed by atoms with Crippen molar-refractivity contribution in [2.75, 3.05) is 32.7 Å². The lowest BCUT2D eigenvalue weighted by Crippen LogP contribution is -2.69. The van der Waals surface area contributed by atoms with Gasteiger partial charge in [-0.15, -0.1) is 23.1 Å². The molecule has 1 aromatic carbocycles. The highest BCUT2D eigenvalue weighted by Gasteiger charge is 2.53. The van der Waals surface area contributed by atoms with Gasteiger partial charge in [0.25, 0.3) is 5.91 Å². The van der Waals surface area contributed by atoms with Gasteiger partial charge in [0.15, 0.2) is 5.13 Å². The van der Waals surface area contributed by atoms with Crippen LogP contribution in [0.5, 0.6) is 0 Å². The van der Waals surface area contributed by atoms with E-state index < -0.39 is 34.3 Å². The van der Waals surface area contributed by atoms with Gasteiger partial charge in [-0.2, -0.15) is 0 Å². The van der Waals surface area contributed by atoms with Crippen LogP contribution in [0.1, 0.15) is 18.2 Å². The van der Waals surface area contributed by atoms with Crippen LogP contribution in [-0.2, 0) is 36.6 Å². The number of benzene rings is 1. The fourth-order valence-corrected chi connectivity index (χ4v) is 6.60. The topological polar surface area (TPSA) is 168 Å². The number of aromatic nitrogens is 1. The summed E-state index contributed by atoms with van der Waals surface area (Å²) in [7, 11) is 3.63. The van der Waals surface area contributed by atoms with Gasteiger partial charge in [-0.3, -0.25) is 14.5 Å². The van der Waals surface area contributed by atoms with Crippen LogP contribution in [0.4, 0.5) is 5.13 Å². The number of carbonyl (C=O) groups excluding carboxylic acids is 2. The highest BCUT2D eigenvalue weighted by Crippen LogP contribution is 2.41. The zero-order valence-corrected chi connectivity index (χ0v) is 23.6. The van der Waals surface area contributed by atoms with Gasteiger partial charge in [0.2, 0.25) is 6.41 Å². The van der Waals surface area contributed by atoms with Crippen molar-refractivity contribution < 1.29 is 28.5 Å². The number of nitrogens with one attached hydrogen (secondary N) is 1. The molecular formula is C23H28N6O6S3. The molecule has 0 aliphatic carbocycles. The first kappa shape index (κ1) is 29.3. The van der Waals surface area contributed by atoms with E-state index in [-0.39, 0.29) is 5.70 Å². The van der Waals surface area contributed by atoms with Gasteiger partial charge in [-0.25, -0.2) is 18.3 Å². The number of fused-ring (bicyclic) bond motifs is 1. The van der Waals surface area contributed by atoms with E-state index >= 15 is 0 Å². The number of carbonyl (C=O) groups is 3. The Hall–Kier alpha value is -3.27. The van der Waals surface area contributed by atoms with Gasteiger partial charge in [-0.1, -0.05) is 17.3 Å². The van der Waals surface area contributed by atoms with E-state index in [2.05, 4.69) is 20.3 Å². The molecule has 204 valence electrons. The van der Waals surface area contributed by atoms with Crippen LogP contribution in [-0.4, -0.2) is 85.9 Å². The Morgan fingerprint density at radius 3 is 2.76 bits per heavy atom. The number of hydrogen-bond acceptors (Lipinski definition) is 10. The van der Waals surface area contributed by atoms with E-state index in [4.69, 9.17) is 5.73 Å². The number of carboxylic acid groups (broad SMARTS) is 1. The number of nitrogens with two attached hydrogens (primary N) is 1. The van der Waals surface area contributed by atoms with Crippen molar-refractivity contribution >= 4 is 63.2 Å². The monoisotopic (exact) mass is 580 g/mol. The van der Waals surface area contributed by atoms with E-state index in [9.17, 15) is 23.7 Å². The summed E-state index contributed by atoms with van der Waals surface area (Å²) in [6.07, 6.45) is 0.798. The number of nitrogen functional groups attached to an aromatic ring is 1. The van der Waals surface area contributed by atoms with Crippen LogP contribution < -0.4 is 11.1 Å². The van der Waals surface area contributed by atoms with E-state index in [1.807, 2.05) is 18.4 Å². The number of anilines is 1. The van der Waals surface area contributed by atoms with Gasteiger partial charge in [0.05, 0.1) is 4.90 Å². The molecule has 15 heteroatoms. The Balaban J connectivity index is 0.000000304. The summed E-state index contributed by atoms with van der Waals surface area (Å²) in [5.74, 6) is -1.15. The molecule has 0 saturated carbocycles. The predicted molar refractivity (Wildman–Crippen MR) is 147 cm³/mol. The molecule has 12 nitrogen and oxygen atoms in total. The largest absolute Gasteiger partial charge is 0.477 e. The molecule has 3 heterocycles. The van der Waals surface area contributed by atoms with Crippen molar-refractivity contribution in [3.8, 4) is 0 Å². The lowest BCUT2D eigenvalue weighted by molar-refractivity contribution is -0.149. The summed E-state index contributed by atoms with van der Waals surface area (Å²) in [6.45, 7) is 1.82. The molecule has 2 amide bonds. The van der Waals surface area contributed by atoms with Crippen LogP contribution in [0.2, 0.25) is 0 Å². The number of hydrogen-bond donors (Lipinski definition) is 3. The van der Waals surface area contributed by atoms with Gasteiger partial charge in [0.1, 0.15) is 46.6 Å². The van der Waals surface area contributed by atoms with E-state index in [1.165, 1.54) is 35.1 Å². The molecular weight excluding hydrogens is 552 g/mol. The zero-order valence-electron chi connectivity index (χ0n) is 21.1. The number of nitrogens with zero attached hydrogens (tertiary/aromatic N) is 4. The number of aliphatic carboxylic acids is 1. The van der Waals surface area contributed by atoms with Crippen LogP contribution in [0.15, 0.2) is 51.0 Å². The van der Waals surface area contributed by atoms with Crippen LogP contribution in [0.25, 0.3) is 0 Å². The molecule has 0 spiro atoms. The first-order valence-corrected chi connectivity index (χ1v) is 14.2. The first-order chi connectivity index (χ1) is 18.1. The molecule has 1 saturated heterocycles. The van der Waals surface area contributed by atoms with Crippen molar-refractivity contribution in [3.05, 3.63) is 52.2 Å². The van der Waals surface area contributed by atoms with Gasteiger partial charge in [-0.05, 0) is 50.7 Å². The quantitative estimate of drug-likeness (QED) is 0.171. The molecule has 38 heavy (non-hydrogen) atoms. The minimum atomic E-state index is -1.29. The van der Waals surface area contributed by atoms with E-state index in [0.717, 1.165) is 17.0 Å². The second-order valence-corrected chi connectivity index (χ2v) is 11.9. The maximum atomic E-state index is 12.3. The molecule has 4 N–H and O–H groups in total. The third kappa shape index (κ3) is 6.59. The van der Waals surface area contributed by atoms with Crippen molar-refractivity contribution in [1.82, 2.24) is 19.5 Å². The number of oxime groups is 1. The Kier molecular flexibility index (Phi) is 10.0. The van der Waals surface area contributed by atoms with Gasteiger partial charge >= 0.3 is 5.97 Å². The summed E-state index contributed by atoms with van der Waals surface area (Å²) in [5, 5.41) is 17.8. The fraction of sp³-hybridized carbons (Fsp3) is 0.348. The Morgan fingerprint density at radius 1 is 1.45 bits per heavy atom. The molecule has 2 aliphatic rings. The molecule has 3 unspecified atom stereocenters. The Morgan fingerprint density at radius 2 is 2.18 bits per heavy atom. The lowest BCUT2D eigenvalue weighted by atomic mass is 9.99. The summed E-state index contributed by atoms with van der Waals surface area (Å²) >= 11 is 2.81. The molecule has 0 radical (unpaired) electrons. The molecule has 0 bridgehead atoms. The smallest absolute Gasteiger partial charge is 0.352 e. The summed E-state index contributed by atoms with van der Waals surface area (Å²) < 4.78 is 13.8. The van der Waals surface area contributed by atoms with Crippen LogP contribution in [0.3, 0.4) is 0 Å². The Bertz CT molecular complexity index is 1290. The van der Waals surface area contributed by atoms with E-state index in [1.54, 1.807) is 36.6 Å². The summed E-state index contributed by atoms with van der Waals surface area (Å²) in [4.78, 5) is 45.2. The standard InChI is InChI=1S/C17H19N3O5S2.C6H9N3OS/c1-19(2)27(25)12-5-3-4-10(7-12)6-11-8-26-16-13(18-9-21)15(22)20(16)14(11)17(23)24;1-4(9-10-2)5-3-11-6(7)8-5/h3-5,7,9,13,16H,6,8H2,1-2H3,(H,18,21)(H,23,24);3H,1-2H3,(H2,7,8)/b;9-4+. The number of β-lactam (4-membered cyclic amide) rings is 1. The molecule has 3 atom stereocenters. The summed E-state index contributed by atoms with van der Waals surface area (Å²) in [5.41, 5.74) is 8.36. The van der Waals surface area contributed by atoms with Crippen LogP contribution >= 0.6 is 23.1 Å². The maximum Gasteiger partial charge on any atom is 0.352 e. The fourth-order valence-electron chi connectivity index (χ4n) is 3.77. The molecule has 2 aromatic rings. The maximum absolute atomic E-state index is 12.3. The lowest BCUT2D eigenvalue weighted by Gasteiger charge is -2.49. The van der Waals surface area contributed by atoms with Crippen molar-refractivity contribution in [3.63, 3.8) is 0 Å². The average molecular weight is 581 g/mol. The molecule has 1 fully saturated rings.